The van der Waals surface area contributed by atoms with Crippen molar-refractivity contribution in [3.63, 3.8) is 0 Å². The Bertz CT molecular complexity index is 446. The highest BCUT2D eigenvalue weighted by atomic mass is 16.5. The van der Waals surface area contributed by atoms with Crippen molar-refractivity contribution in [3.8, 4) is 5.75 Å². The van der Waals surface area contributed by atoms with Gasteiger partial charge in [-0.3, -0.25) is 0 Å². The third-order valence-electron chi connectivity index (χ3n) is 2.88. The monoisotopic (exact) mass is 260 g/mol. The lowest BCUT2D eigenvalue weighted by molar-refractivity contribution is -0.138. The fraction of sp³-hybridized carbons (Fsp3) is 0.312. The Morgan fingerprint density at radius 2 is 2.00 bits per heavy atom. The summed E-state index contributed by atoms with van der Waals surface area (Å²) in [5, 5.41) is 0. The highest BCUT2D eigenvalue weighted by Gasteiger charge is 2.20. The van der Waals surface area contributed by atoms with Gasteiger partial charge < -0.3 is 9.47 Å². The van der Waals surface area contributed by atoms with Crippen LogP contribution in [0.2, 0.25) is 0 Å². The van der Waals surface area contributed by atoms with Gasteiger partial charge >= 0.3 is 5.97 Å². The summed E-state index contributed by atoms with van der Waals surface area (Å²) in [5.41, 5.74) is 1.45. The molecule has 0 heterocycles. The zero-order valence-electron chi connectivity index (χ0n) is 11.5. The molecule has 3 nitrogen and oxygen atoms in total. The number of hydrogen-bond acceptors (Lipinski definition) is 3. The topological polar surface area (TPSA) is 35.5 Å². The SMILES string of the molecule is C=CC[C@@H](C(=C)C(=O)OCC)c1ccc(OC)cc1. The van der Waals surface area contributed by atoms with Gasteiger partial charge in [-0.2, -0.15) is 0 Å². The molecule has 1 aromatic carbocycles. The van der Waals surface area contributed by atoms with Crippen molar-refractivity contribution < 1.29 is 14.3 Å². The molecule has 0 unspecified atom stereocenters. The molecular weight excluding hydrogens is 240 g/mol. The Morgan fingerprint density at radius 1 is 1.37 bits per heavy atom. The van der Waals surface area contributed by atoms with Crippen molar-refractivity contribution in [1.29, 1.82) is 0 Å². The molecule has 1 atom stereocenters. The van der Waals surface area contributed by atoms with Gasteiger partial charge in [0.1, 0.15) is 5.75 Å². The first-order chi connectivity index (χ1) is 9.13. The second-order valence-corrected chi connectivity index (χ2v) is 4.10. The van der Waals surface area contributed by atoms with E-state index in [9.17, 15) is 4.79 Å². The van der Waals surface area contributed by atoms with Gasteiger partial charge in [0.15, 0.2) is 0 Å². The third kappa shape index (κ3) is 3.98. The van der Waals surface area contributed by atoms with Gasteiger partial charge in [-0.25, -0.2) is 4.79 Å². The van der Waals surface area contributed by atoms with E-state index in [1.807, 2.05) is 24.3 Å². The summed E-state index contributed by atoms with van der Waals surface area (Å²) < 4.78 is 10.1. The molecule has 1 rings (SSSR count). The second-order valence-electron chi connectivity index (χ2n) is 4.10. The van der Waals surface area contributed by atoms with Gasteiger partial charge in [-0.05, 0) is 31.0 Å². The fourth-order valence-corrected chi connectivity index (χ4v) is 1.85. The highest BCUT2D eigenvalue weighted by molar-refractivity contribution is 5.89. The fourth-order valence-electron chi connectivity index (χ4n) is 1.85. The van der Waals surface area contributed by atoms with Crippen LogP contribution >= 0.6 is 0 Å². The van der Waals surface area contributed by atoms with Crippen molar-refractivity contribution in [3.05, 3.63) is 54.6 Å². The summed E-state index contributed by atoms with van der Waals surface area (Å²) in [7, 11) is 1.62. The molecule has 3 heteroatoms. The van der Waals surface area contributed by atoms with Crippen LogP contribution in [0.4, 0.5) is 0 Å². The van der Waals surface area contributed by atoms with Crippen LogP contribution in [0, 0.1) is 0 Å². The molecule has 0 bridgehead atoms. The van der Waals surface area contributed by atoms with Gasteiger partial charge in [0.2, 0.25) is 0 Å². The molecule has 0 aromatic heterocycles. The van der Waals surface area contributed by atoms with Gasteiger partial charge in [0.25, 0.3) is 0 Å². The second kappa shape index (κ2) is 7.41. The number of carbonyl (C=O) groups is 1. The molecule has 0 radical (unpaired) electrons. The maximum Gasteiger partial charge on any atom is 0.334 e. The van der Waals surface area contributed by atoms with Crippen molar-refractivity contribution in [2.75, 3.05) is 13.7 Å². The van der Waals surface area contributed by atoms with Gasteiger partial charge in [-0.1, -0.05) is 24.8 Å². The van der Waals surface area contributed by atoms with E-state index in [1.165, 1.54) is 0 Å². The Kier molecular flexibility index (Phi) is 5.86. The average molecular weight is 260 g/mol. The maximum atomic E-state index is 11.8. The summed E-state index contributed by atoms with van der Waals surface area (Å²) in [4.78, 5) is 11.8. The summed E-state index contributed by atoms with van der Waals surface area (Å²) in [6.07, 6.45) is 2.42. The predicted molar refractivity (Wildman–Crippen MR) is 76.3 cm³/mol. The number of esters is 1. The quantitative estimate of drug-likeness (QED) is 0.428. The molecule has 102 valence electrons. The Balaban J connectivity index is 2.95. The molecular formula is C16H20O3. The van der Waals surface area contributed by atoms with Crippen LogP contribution in [-0.2, 0) is 9.53 Å². The minimum absolute atomic E-state index is 0.109. The van der Waals surface area contributed by atoms with Crippen molar-refractivity contribution in [2.45, 2.75) is 19.3 Å². The molecule has 0 aliphatic heterocycles. The number of allylic oxidation sites excluding steroid dienone is 1. The van der Waals surface area contributed by atoms with E-state index in [0.29, 0.717) is 18.6 Å². The standard InChI is InChI=1S/C16H20O3/c1-5-7-15(12(3)16(17)19-6-2)13-8-10-14(18-4)11-9-13/h5,8-11,15H,1,3,6-7H2,2,4H3/t15-/m0/s1. The average Bonchev–Trinajstić information content (AvgIpc) is 2.44. The lowest BCUT2D eigenvalue weighted by Gasteiger charge is -2.17. The lowest BCUT2D eigenvalue weighted by atomic mass is 9.89. The Labute approximate surface area is 114 Å². The Hall–Kier alpha value is -2.03. The highest BCUT2D eigenvalue weighted by Crippen LogP contribution is 2.29. The summed E-state index contributed by atoms with van der Waals surface area (Å²) in [6.45, 7) is 9.71. The normalized spacial score (nSPS) is 11.5. The lowest BCUT2D eigenvalue weighted by Crippen LogP contribution is -2.13. The zero-order chi connectivity index (χ0) is 14.3. The van der Waals surface area contributed by atoms with E-state index >= 15 is 0 Å². The first-order valence-electron chi connectivity index (χ1n) is 6.24. The largest absolute Gasteiger partial charge is 0.497 e. The molecule has 0 aliphatic carbocycles. The van der Waals surface area contributed by atoms with Gasteiger partial charge in [0.05, 0.1) is 13.7 Å². The van der Waals surface area contributed by atoms with Crippen molar-refractivity contribution >= 4 is 5.97 Å². The van der Waals surface area contributed by atoms with E-state index in [2.05, 4.69) is 13.2 Å². The van der Waals surface area contributed by atoms with E-state index in [0.717, 1.165) is 11.3 Å². The molecule has 0 saturated carbocycles. The zero-order valence-corrected chi connectivity index (χ0v) is 11.5. The minimum Gasteiger partial charge on any atom is -0.497 e. The molecule has 0 amide bonds. The van der Waals surface area contributed by atoms with Gasteiger partial charge in [0, 0.05) is 11.5 Å². The summed E-state index contributed by atoms with van der Waals surface area (Å²) in [5.74, 6) is 0.315. The Morgan fingerprint density at radius 3 is 2.47 bits per heavy atom. The van der Waals surface area contributed by atoms with Crippen molar-refractivity contribution in [2.24, 2.45) is 0 Å². The van der Waals surface area contributed by atoms with E-state index < -0.39 is 0 Å². The first-order valence-corrected chi connectivity index (χ1v) is 6.24. The first kappa shape index (κ1) is 15.0. The van der Waals surface area contributed by atoms with Crippen LogP contribution in [0.3, 0.4) is 0 Å². The molecule has 0 aliphatic rings. The number of carbonyl (C=O) groups excluding carboxylic acids is 1. The van der Waals surface area contributed by atoms with Crippen LogP contribution in [0.1, 0.15) is 24.8 Å². The number of ether oxygens (including phenoxy) is 2. The summed E-state index contributed by atoms with van der Waals surface area (Å²) in [6, 6.07) is 7.59. The van der Waals surface area contributed by atoms with E-state index in [1.54, 1.807) is 20.1 Å². The number of methoxy groups -OCH3 is 1. The summed E-state index contributed by atoms with van der Waals surface area (Å²) >= 11 is 0. The van der Waals surface area contributed by atoms with Crippen LogP contribution in [0.5, 0.6) is 5.75 Å². The van der Waals surface area contributed by atoms with Crippen LogP contribution < -0.4 is 4.74 Å². The van der Waals surface area contributed by atoms with E-state index in [-0.39, 0.29) is 11.9 Å². The molecule has 0 N–H and O–H groups in total. The third-order valence-corrected chi connectivity index (χ3v) is 2.88. The predicted octanol–water partition coefficient (Wildman–Crippen LogP) is 3.47. The van der Waals surface area contributed by atoms with Crippen LogP contribution in [-0.4, -0.2) is 19.7 Å². The molecule has 19 heavy (non-hydrogen) atoms. The van der Waals surface area contributed by atoms with Crippen LogP contribution in [0.25, 0.3) is 0 Å². The number of rotatable bonds is 7. The minimum atomic E-state index is -0.356. The van der Waals surface area contributed by atoms with Gasteiger partial charge in [-0.15, -0.1) is 6.58 Å². The molecule has 1 aromatic rings. The molecule has 0 saturated heterocycles. The number of hydrogen-bond donors (Lipinski definition) is 0. The smallest absolute Gasteiger partial charge is 0.334 e. The van der Waals surface area contributed by atoms with E-state index in [4.69, 9.17) is 9.47 Å². The number of benzene rings is 1. The van der Waals surface area contributed by atoms with Crippen molar-refractivity contribution in [1.82, 2.24) is 0 Å². The van der Waals surface area contributed by atoms with Crippen LogP contribution in [0.15, 0.2) is 49.1 Å². The maximum absolute atomic E-state index is 11.8. The molecule has 0 fully saturated rings. The molecule has 0 spiro atoms.